The third-order valence-corrected chi connectivity index (χ3v) is 6.76. The van der Waals surface area contributed by atoms with E-state index in [-0.39, 0.29) is 41.1 Å². The summed E-state index contributed by atoms with van der Waals surface area (Å²) < 4.78 is 6.78. The van der Waals surface area contributed by atoms with E-state index >= 15 is 0 Å². The van der Waals surface area contributed by atoms with E-state index in [2.05, 4.69) is 10.3 Å². The molecule has 4 heterocycles. The molecule has 0 bridgehead atoms. The maximum atomic E-state index is 13.5. The number of piperazine rings is 1. The van der Waals surface area contributed by atoms with Gasteiger partial charge in [-0.3, -0.25) is 28.5 Å². The lowest BCUT2D eigenvalue weighted by Crippen LogP contribution is -2.57. The Bertz CT molecular complexity index is 1260. The number of anilines is 1. The normalized spacial score (nSPS) is 20.0. The molecule has 1 atom stereocenters. The first-order valence-corrected chi connectivity index (χ1v) is 11.5. The predicted octanol–water partition coefficient (Wildman–Crippen LogP) is 0.784. The third kappa shape index (κ3) is 4.35. The molecule has 0 aliphatic carbocycles. The molecule has 172 valence electrons. The summed E-state index contributed by atoms with van der Waals surface area (Å²) in [6, 6.07) is 4.20. The summed E-state index contributed by atoms with van der Waals surface area (Å²) in [5.74, 6) is -1.00. The number of fused-ring (bicyclic) bond motifs is 1. The minimum Gasteiger partial charge on any atom is -0.466 e. The number of nitrogens with one attached hydrogen (secondary N) is 1. The summed E-state index contributed by atoms with van der Waals surface area (Å²) in [7, 11) is 1.56. The molecule has 10 nitrogen and oxygen atoms in total. The van der Waals surface area contributed by atoms with Crippen molar-refractivity contribution in [1.29, 1.82) is 0 Å². The van der Waals surface area contributed by atoms with Gasteiger partial charge in [0, 0.05) is 26.3 Å². The Morgan fingerprint density at radius 3 is 2.85 bits per heavy atom. The quantitative estimate of drug-likeness (QED) is 0.371. The number of thiocarbonyl (C=S) groups is 1. The second-order valence-electron chi connectivity index (χ2n) is 7.33. The van der Waals surface area contributed by atoms with Gasteiger partial charge >= 0.3 is 5.97 Å². The highest BCUT2D eigenvalue weighted by atomic mass is 32.2. The van der Waals surface area contributed by atoms with E-state index < -0.39 is 17.6 Å². The van der Waals surface area contributed by atoms with Gasteiger partial charge in [-0.2, -0.15) is 0 Å². The first-order valence-electron chi connectivity index (χ1n) is 10.2. The molecule has 0 aromatic carbocycles. The van der Waals surface area contributed by atoms with Crippen molar-refractivity contribution in [2.45, 2.75) is 19.4 Å². The minimum atomic E-state index is -0.913. The zero-order valence-corrected chi connectivity index (χ0v) is 19.6. The number of hydrogen-bond donors (Lipinski definition) is 1. The van der Waals surface area contributed by atoms with E-state index in [4.69, 9.17) is 17.0 Å². The molecule has 2 aromatic rings. The van der Waals surface area contributed by atoms with Crippen LogP contribution in [0.15, 0.2) is 34.1 Å². The third-order valence-electron chi connectivity index (χ3n) is 5.28. The van der Waals surface area contributed by atoms with Crippen molar-refractivity contribution >= 4 is 63.6 Å². The lowest BCUT2D eigenvalue weighted by Gasteiger charge is -2.36. The summed E-state index contributed by atoms with van der Waals surface area (Å²) in [6.45, 7) is 2.50. The van der Waals surface area contributed by atoms with Crippen molar-refractivity contribution in [1.82, 2.24) is 19.6 Å². The minimum absolute atomic E-state index is 0.135. The number of likely N-dealkylation sites (N-methyl/N-ethyl adjacent to an activating group) is 1. The number of amides is 2. The van der Waals surface area contributed by atoms with E-state index in [1.54, 1.807) is 43.3 Å². The van der Waals surface area contributed by atoms with Gasteiger partial charge in [0.1, 0.15) is 21.8 Å². The van der Waals surface area contributed by atoms with Crippen LogP contribution < -0.4 is 15.8 Å². The predicted molar refractivity (Wildman–Crippen MR) is 128 cm³/mol. The van der Waals surface area contributed by atoms with Crippen LogP contribution >= 0.6 is 24.0 Å². The first-order chi connectivity index (χ1) is 15.8. The molecule has 2 aliphatic heterocycles. The van der Waals surface area contributed by atoms with E-state index in [0.29, 0.717) is 23.1 Å². The molecule has 2 aliphatic rings. The Labute approximate surface area is 198 Å². The summed E-state index contributed by atoms with van der Waals surface area (Å²) >= 11 is 6.29. The molecule has 0 saturated carbocycles. The number of carbonyl (C=O) groups excluding carboxylic acids is 3. The van der Waals surface area contributed by atoms with Gasteiger partial charge in [-0.1, -0.05) is 30.0 Å². The number of nitrogens with zero attached hydrogens (tertiary/aromatic N) is 4. The van der Waals surface area contributed by atoms with Crippen LogP contribution in [-0.2, 0) is 19.1 Å². The van der Waals surface area contributed by atoms with Crippen LogP contribution in [0.2, 0.25) is 0 Å². The van der Waals surface area contributed by atoms with Crippen LogP contribution in [-0.4, -0.2) is 69.2 Å². The summed E-state index contributed by atoms with van der Waals surface area (Å²) in [6.07, 6.45) is 2.84. The summed E-state index contributed by atoms with van der Waals surface area (Å²) in [5, 5.41) is 2.75. The average molecular weight is 488 g/mol. The van der Waals surface area contributed by atoms with Gasteiger partial charge in [0.2, 0.25) is 5.91 Å². The van der Waals surface area contributed by atoms with Gasteiger partial charge < -0.3 is 15.0 Å². The van der Waals surface area contributed by atoms with Crippen molar-refractivity contribution in [3.63, 3.8) is 0 Å². The molecule has 2 saturated heterocycles. The van der Waals surface area contributed by atoms with Crippen molar-refractivity contribution in [2.24, 2.45) is 0 Å². The molecule has 0 unspecified atom stereocenters. The van der Waals surface area contributed by atoms with Crippen molar-refractivity contribution in [3.05, 3.63) is 45.2 Å². The number of thioether (sulfide) groups is 1. The fraction of sp³-hybridized carbons (Fsp3) is 0.333. The topological polar surface area (TPSA) is 113 Å². The van der Waals surface area contributed by atoms with E-state index in [9.17, 15) is 19.2 Å². The number of hydrogen-bond acceptors (Lipinski definition) is 9. The van der Waals surface area contributed by atoms with Crippen LogP contribution in [0, 0.1) is 0 Å². The largest absolute Gasteiger partial charge is 0.466 e. The number of aromatic nitrogens is 2. The Kier molecular flexibility index (Phi) is 6.47. The van der Waals surface area contributed by atoms with Gasteiger partial charge in [-0.25, -0.2) is 4.98 Å². The molecule has 2 aromatic heterocycles. The molecule has 12 heteroatoms. The van der Waals surface area contributed by atoms with Crippen LogP contribution in [0.5, 0.6) is 0 Å². The van der Waals surface area contributed by atoms with E-state index in [0.717, 1.165) is 11.8 Å². The van der Waals surface area contributed by atoms with Crippen molar-refractivity contribution in [3.8, 4) is 0 Å². The number of ether oxygens (including phenoxy) is 1. The second-order valence-corrected chi connectivity index (χ2v) is 9.01. The number of carbonyl (C=O) groups is 3. The maximum absolute atomic E-state index is 13.5. The molecular formula is C21H21N5O5S2. The van der Waals surface area contributed by atoms with Crippen LogP contribution in [0.3, 0.4) is 0 Å². The number of rotatable bonds is 5. The highest BCUT2D eigenvalue weighted by molar-refractivity contribution is 8.26. The molecule has 0 spiro atoms. The fourth-order valence-electron chi connectivity index (χ4n) is 3.66. The Morgan fingerprint density at radius 1 is 1.36 bits per heavy atom. The monoisotopic (exact) mass is 487 g/mol. The molecule has 1 N–H and O–H groups in total. The van der Waals surface area contributed by atoms with E-state index in [1.165, 1.54) is 15.4 Å². The Hall–Kier alpha value is -3.25. The van der Waals surface area contributed by atoms with Gasteiger partial charge in [-0.15, -0.1) is 0 Å². The highest BCUT2D eigenvalue weighted by Gasteiger charge is 2.36. The second kappa shape index (κ2) is 9.32. The highest BCUT2D eigenvalue weighted by Crippen LogP contribution is 2.33. The Morgan fingerprint density at radius 2 is 2.15 bits per heavy atom. The maximum Gasteiger partial charge on any atom is 0.308 e. The van der Waals surface area contributed by atoms with Gasteiger partial charge in [-0.05, 0) is 25.1 Å². The number of esters is 1. The molecular weight excluding hydrogens is 466 g/mol. The zero-order chi connectivity index (χ0) is 23.7. The fourth-order valence-corrected chi connectivity index (χ4v) is 4.82. The average Bonchev–Trinajstić information content (AvgIpc) is 3.03. The first kappa shape index (κ1) is 22.9. The van der Waals surface area contributed by atoms with Crippen LogP contribution in [0.25, 0.3) is 11.7 Å². The zero-order valence-electron chi connectivity index (χ0n) is 17.9. The Balaban J connectivity index is 1.88. The van der Waals surface area contributed by atoms with Gasteiger partial charge in [0.05, 0.1) is 23.5 Å². The smallest absolute Gasteiger partial charge is 0.308 e. The van der Waals surface area contributed by atoms with E-state index in [1.807, 2.05) is 0 Å². The molecule has 2 fully saturated rings. The van der Waals surface area contributed by atoms with Crippen molar-refractivity contribution < 1.29 is 19.1 Å². The summed E-state index contributed by atoms with van der Waals surface area (Å²) in [4.78, 5) is 58.8. The lowest BCUT2D eigenvalue weighted by molar-refractivity contribution is -0.145. The van der Waals surface area contributed by atoms with Gasteiger partial charge in [0.25, 0.3) is 11.5 Å². The SMILES string of the molecule is CCOC(=O)C[C@@H]1C(=O)NCCN1c1nc2ccccn2c(=O)c1/C=C1/SC(=S)N(C)C1=O. The molecule has 2 amide bonds. The summed E-state index contributed by atoms with van der Waals surface area (Å²) in [5.41, 5.74) is 0.104. The lowest BCUT2D eigenvalue weighted by atomic mass is 10.1. The number of pyridine rings is 1. The molecule has 0 radical (unpaired) electrons. The molecule has 33 heavy (non-hydrogen) atoms. The molecule has 4 rings (SSSR count). The van der Waals surface area contributed by atoms with Gasteiger partial charge in [0.15, 0.2) is 0 Å². The van der Waals surface area contributed by atoms with Crippen LogP contribution in [0.4, 0.5) is 5.82 Å². The van der Waals surface area contributed by atoms with Crippen molar-refractivity contribution in [2.75, 3.05) is 31.6 Å². The standard InChI is InChI=1S/C21H21N5O5S2/c1-3-31-16(27)11-13-18(28)22-7-9-25(13)17-12(10-14-20(30)24(2)21(32)33-14)19(29)26-8-5-4-6-15(26)23-17/h4-6,8,10,13H,3,7,9,11H2,1-2H3,(H,22,28)/b14-10+/t13-/m1/s1. The van der Waals surface area contributed by atoms with Crippen LogP contribution in [0.1, 0.15) is 18.9 Å².